The predicted octanol–water partition coefficient (Wildman–Crippen LogP) is 5.84. The second-order valence-corrected chi connectivity index (χ2v) is 7.05. The highest BCUT2D eigenvalue weighted by Gasteiger charge is 2.19. The molecular formula is C18H12S2. The Morgan fingerprint density at radius 2 is 1.05 bits per heavy atom. The molecule has 2 heteroatoms. The molecule has 0 unspecified atom stereocenters. The average Bonchev–Trinajstić information content (AvgIpc) is 2.80. The molecule has 96 valence electrons. The molecule has 0 saturated heterocycles. The van der Waals surface area contributed by atoms with Crippen molar-refractivity contribution in [1.82, 2.24) is 0 Å². The molecule has 0 atom stereocenters. The van der Waals surface area contributed by atoms with Gasteiger partial charge in [-0.05, 0) is 28.8 Å². The van der Waals surface area contributed by atoms with E-state index in [1.165, 1.54) is 30.7 Å². The van der Waals surface area contributed by atoms with Crippen LogP contribution in [-0.4, -0.2) is 0 Å². The van der Waals surface area contributed by atoms with Gasteiger partial charge in [0, 0.05) is 9.79 Å². The molecule has 1 heterocycles. The van der Waals surface area contributed by atoms with Gasteiger partial charge in [-0.15, -0.1) is 0 Å². The van der Waals surface area contributed by atoms with Gasteiger partial charge in [0.2, 0.25) is 0 Å². The number of allylic oxidation sites excluding steroid dienone is 3. The number of rotatable bonds is 0. The van der Waals surface area contributed by atoms with Crippen LogP contribution in [0.2, 0.25) is 0 Å². The molecule has 2 aliphatic rings. The van der Waals surface area contributed by atoms with Crippen LogP contribution in [0.5, 0.6) is 0 Å². The molecule has 0 bridgehead atoms. The molecule has 2 aromatic rings. The van der Waals surface area contributed by atoms with Gasteiger partial charge in [0.25, 0.3) is 0 Å². The molecule has 0 aromatic heterocycles. The minimum atomic E-state index is 1.28. The summed E-state index contributed by atoms with van der Waals surface area (Å²) in [5, 5.41) is 0. The molecule has 0 amide bonds. The van der Waals surface area contributed by atoms with E-state index in [1.807, 2.05) is 23.5 Å². The third-order valence-corrected chi connectivity index (χ3v) is 5.99. The van der Waals surface area contributed by atoms with Crippen molar-refractivity contribution in [3.63, 3.8) is 0 Å². The van der Waals surface area contributed by atoms with Crippen LogP contribution in [0.4, 0.5) is 0 Å². The van der Waals surface area contributed by atoms with Crippen molar-refractivity contribution >= 4 is 35.7 Å². The van der Waals surface area contributed by atoms with Crippen LogP contribution < -0.4 is 0 Å². The fraction of sp³-hybridized carbons (Fsp3) is 0. The first-order valence-corrected chi connectivity index (χ1v) is 8.18. The summed E-state index contributed by atoms with van der Waals surface area (Å²) in [5.41, 5.74) is 3.86. The Hall–Kier alpha value is -1.64. The Kier molecular flexibility index (Phi) is 3.06. The number of fused-ring (bicyclic) bond motifs is 2. The van der Waals surface area contributed by atoms with Gasteiger partial charge < -0.3 is 0 Å². The number of benzene rings is 2. The first-order valence-electron chi connectivity index (χ1n) is 6.54. The fourth-order valence-electron chi connectivity index (χ4n) is 2.32. The standard InChI is InChI=1S/C18H12S2/c1-2-6-14-10-12-15(11-9-13(14)5-1)18-19-16-7-3-4-8-17(16)20-18/h1-12H. The molecule has 1 aliphatic carbocycles. The van der Waals surface area contributed by atoms with E-state index >= 15 is 0 Å². The van der Waals surface area contributed by atoms with Gasteiger partial charge in [-0.3, -0.25) is 0 Å². The van der Waals surface area contributed by atoms with Gasteiger partial charge >= 0.3 is 0 Å². The van der Waals surface area contributed by atoms with Gasteiger partial charge in [-0.2, -0.15) is 0 Å². The summed E-state index contributed by atoms with van der Waals surface area (Å²) in [6.45, 7) is 0. The Morgan fingerprint density at radius 1 is 0.550 bits per heavy atom. The maximum absolute atomic E-state index is 2.23. The molecule has 0 spiro atoms. The van der Waals surface area contributed by atoms with Gasteiger partial charge in [-0.25, -0.2) is 0 Å². The second-order valence-electron chi connectivity index (χ2n) is 4.69. The predicted molar refractivity (Wildman–Crippen MR) is 89.7 cm³/mol. The molecule has 2 aromatic carbocycles. The number of thioether (sulfide) groups is 2. The quantitative estimate of drug-likeness (QED) is 0.598. The molecule has 20 heavy (non-hydrogen) atoms. The number of hydrogen-bond acceptors (Lipinski definition) is 2. The van der Waals surface area contributed by atoms with E-state index in [0.29, 0.717) is 0 Å². The maximum Gasteiger partial charge on any atom is 0.0571 e. The monoisotopic (exact) mass is 292 g/mol. The van der Waals surface area contributed by atoms with Crippen molar-refractivity contribution in [3.8, 4) is 0 Å². The van der Waals surface area contributed by atoms with Crippen LogP contribution >= 0.6 is 23.5 Å². The maximum atomic E-state index is 2.23. The summed E-state index contributed by atoms with van der Waals surface area (Å²) in [4.78, 5) is 2.73. The van der Waals surface area contributed by atoms with Gasteiger partial charge in [-0.1, -0.05) is 84.2 Å². The Morgan fingerprint density at radius 3 is 1.60 bits per heavy atom. The second kappa shape index (κ2) is 5.04. The van der Waals surface area contributed by atoms with Crippen molar-refractivity contribution in [2.75, 3.05) is 0 Å². The summed E-state index contributed by atoms with van der Waals surface area (Å²) < 4.78 is 1.37. The van der Waals surface area contributed by atoms with Crippen molar-refractivity contribution in [2.24, 2.45) is 0 Å². The van der Waals surface area contributed by atoms with E-state index in [4.69, 9.17) is 0 Å². The first kappa shape index (κ1) is 12.1. The van der Waals surface area contributed by atoms with Crippen LogP contribution in [-0.2, 0) is 0 Å². The van der Waals surface area contributed by atoms with E-state index in [-0.39, 0.29) is 0 Å². The third-order valence-electron chi connectivity index (χ3n) is 3.37. The molecule has 0 saturated carbocycles. The van der Waals surface area contributed by atoms with Crippen LogP contribution in [0.1, 0.15) is 11.1 Å². The molecule has 0 nitrogen and oxygen atoms in total. The summed E-state index contributed by atoms with van der Waals surface area (Å²) in [5.74, 6) is 0. The minimum Gasteiger partial charge on any atom is -0.0809 e. The van der Waals surface area contributed by atoms with E-state index in [9.17, 15) is 0 Å². The highest BCUT2D eigenvalue weighted by molar-refractivity contribution is 8.24. The summed E-state index contributed by atoms with van der Waals surface area (Å²) in [6.07, 6.45) is 8.87. The van der Waals surface area contributed by atoms with Gasteiger partial charge in [0.1, 0.15) is 0 Å². The molecule has 4 rings (SSSR count). The van der Waals surface area contributed by atoms with Crippen LogP contribution in [0, 0.1) is 0 Å². The molecule has 0 radical (unpaired) electrons. The summed E-state index contributed by atoms with van der Waals surface area (Å²) in [6, 6.07) is 17.1. The van der Waals surface area contributed by atoms with Crippen LogP contribution in [0.3, 0.4) is 0 Å². The van der Waals surface area contributed by atoms with Crippen molar-refractivity contribution in [3.05, 3.63) is 81.6 Å². The molecular weight excluding hydrogens is 280 g/mol. The van der Waals surface area contributed by atoms with Crippen molar-refractivity contribution < 1.29 is 0 Å². The lowest BCUT2D eigenvalue weighted by molar-refractivity contribution is 1.27. The van der Waals surface area contributed by atoms with E-state index < -0.39 is 0 Å². The van der Waals surface area contributed by atoms with Crippen molar-refractivity contribution in [2.45, 2.75) is 9.79 Å². The summed E-state index contributed by atoms with van der Waals surface area (Å²) >= 11 is 3.74. The summed E-state index contributed by atoms with van der Waals surface area (Å²) in [7, 11) is 0. The van der Waals surface area contributed by atoms with Crippen LogP contribution in [0.15, 0.2) is 80.3 Å². The number of hydrogen-bond donors (Lipinski definition) is 0. The van der Waals surface area contributed by atoms with Gasteiger partial charge in [0.15, 0.2) is 0 Å². The Labute approximate surface area is 127 Å². The average molecular weight is 292 g/mol. The minimum absolute atomic E-state index is 1.28. The normalized spacial score (nSPS) is 16.0. The first-order chi connectivity index (χ1) is 9.90. The molecule has 0 N–H and O–H groups in total. The molecule has 1 aliphatic heterocycles. The zero-order valence-corrected chi connectivity index (χ0v) is 12.4. The zero-order valence-electron chi connectivity index (χ0n) is 10.7. The van der Waals surface area contributed by atoms with E-state index in [1.54, 1.807) is 0 Å². The molecule has 0 fully saturated rings. The fourth-order valence-corrected chi connectivity index (χ4v) is 4.82. The Balaban J connectivity index is 1.74. The topological polar surface area (TPSA) is 0 Å². The van der Waals surface area contributed by atoms with Gasteiger partial charge in [0.05, 0.1) is 4.24 Å². The SMILES string of the molecule is C1=Cc2ccccc2C=CC1=C1Sc2ccccc2S1. The Bertz CT molecular complexity index is 704. The lowest BCUT2D eigenvalue weighted by Crippen LogP contribution is -1.76. The highest BCUT2D eigenvalue weighted by Crippen LogP contribution is 2.52. The smallest absolute Gasteiger partial charge is 0.0571 e. The van der Waals surface area contributed by atoms with Crippen molar-refractivity contribution in [1.29, 1.82) is 0 Å². The van der Waals surface area contributed by atoms with E-state index in [0.717, 1.165) is 0 Å². The highest BCUT2D eigenvalue weighted by atomic mass is 32.2. The van der Waals surface area contributed by atoms with E-state index in [2.05, 4.69) is 72.8 Å². The lowest BCUT2D eigenvalue weighted by Gasteiger charge is -1.98. The zero-order chi connectivity index (χ0) is 13.4. The third kappa shape index (κ3) is 2.15. The lowest BCUT2D eigenvalue weighted by atomic mass is 10.1. The largest absolute Gasteiger partial charge is 0.0809 e. The van der Waals surface area contributed by atoms with Crippen LogP contribution in [0.25, 0.3) is 12.2 Å².